The third-order valence-corrected chi connectivity index (χ3v) is 5.74. The van der Waals surface area contributed by atoms with Crippen LogP contribution in [-0.2, 0) is 0 Å². The van der Waals surface area contributed by atoms with E-state index in [2.05, 4.69) is 46.7 Å². The molecule has 0 aliphatic carbocycles. The maximum Gasteiger partial charge on any atom is 0.0865 e. The predicted octanol–water partition coefficient (Wildman–Crippen LogP) is 2.99. The van der Waals surface area contributed by atoms with Gasteiger partial charge in [0.1, 0.15) is 0 Å². The molecule has 0 saturated heterocycles. The summed E-state index contributed by atoms with van der Waals surface area (Å²) in [5.41, 5.74) is 1.20. The first-order valence-corrected chi connectivity index (χ1v) is 7.69. The van der Waals surface area contributed by atoms with Gasteiger partial charge >= 0.3 is 0 Å². The lowest BCUT2D eigenvalue weighted by Crippen LogP contribution is -2.05. The van der Waals surface area contributed by atoms with E-state index in [1.54, 1.807) is 0 Å². The van der Waals surface area contributed by atoms with Crippen LogP contribution in [0.3, 0.4) is 0 Å². The standard InChI is InChI=1S/C7H9NS4/c9-7-5-3-1-2-4-6(5)12(10,11)8-7/h1-4,7-11H. The molecule has 0 aromatic heterocycles. The molecule has 0 saturated carbocycles. The molecule has 1 aliphatic rings. The summed E-state index contributed by atoms with van der Waals surface area (Å²) in [6.07, 6.45) is 0. The van der Waals surface area contributed by atoms with Crippen LogP contribution in [0.5, 0.6) is 0 Å². The first-order valence-electron chi connectivity index (χ1n) is 3.44. The Balaban J connectivity index is 2.58. The third-order valence-electron chi connectivity index (χ3n) is 1.80. The van der Waals surface area contributed by atoms with Crippen molar-refractivity contribution in [1.82, 2.24) is 4.72 Å². The zero-order valence-corrected chi connectivity index (χ0v) is 9.64. The lowest BCUT2D eigenvalue weighted by atomic mass is 10.2. The summed E-state index contributed by atoms with van der Waals surface area (Å²) in [6, 6.07) is 8.11. The second-order valence-electron chi connectivity index (χ2n) is 2.61. The topological polar surface area (TPSA) is 12.0 Å². The number of hydrogen-bond acceptors (Lipinski definition) is 4. The molecule has 1 aromatic rings. The van der Waals surface area contributed by atoms with Gasteiger partial charge in [0.15, 0.2) is 0 Å². The van der Waals surface area contributed by atoms with Crippen LogP contribution in [0.2, 0.25) is 0 Å². The number of hydrogen-bond donors (Lipinski definition) is 4. The quantitative estimate of drug-likeness (QED) is 0.400. The largest absolute Gasteiger partial charge is 0.245 e. The second kappa shape index (κ2) is 3.06. The molecule has 1 nitrogen and oxygen atoms in total. The third kappa shape index (κ3) is 1.37. The number of benzene rings is 1. The fourth-order valence-electron chi connectivity index (χ4n) is 1.25. The fourth-order valence-corrected chi connectivity index (χ4v) is 5.51. The molecule has 0 spiro atoms. The van der Waals surface area contributed by atoms with Crippen LogP contribution < -0.4 is 4.72 Å². The molecule has 5 heteroatoms. The Hall–Kier alpha value is 0.580. The van der Waals surface area contributed by atoms with E-state index in [1.807, 2.05) is 18.2 Å². The number of rotatable bonds is 0. The molecule has 1 aromatic carbocycles. The average Bonchev–Trinajstić information content (AvgIpc) is 2.25. The van der Waals surface area contributed by atoms with E-state index in [4.69, 9.17) is 0 Å². The molecule has 1 unspecified atom stereocenters. The molecule has 0 radical (unpaired) electrons. The number of nitrogens with one attached hydrogen (secondary N) is 1. The van der Waals surface area contributed by atoms with Crippen LogP contribution in [0.25, 0.3) is 0 Å². The zero-order chi connectivity index (χ0) is 8.77. The molecule has 12 heavy (non-hydrogen) atoms. The predicted molar refractivity (Wildman–Crippen MR) is 65.1 cm³/mol. The van der Waals surface area contributed by atoms with E-state index in [1.165, 1.54) is 10.5 Å². The monoisotopic (exact) mass is 235 g/mol. The Morgan fingerprint density at radius 3 is 2.58 bits per heavy atom. The molecule has 66 valence electrons. The smallest absolute Gasteiger partial charge is 0.0865 e. The normalized spacial score (nSPS) is 28.1. The van der Waals surface area contributed by atoms with Gasteiger partial charge in [-0.2, -0.15) is 12.6 Å². The maximum atomic E-state index is 4.48. The summed E-state index contributed by atoms with van der Waals surface area (Å²) in [4.78, 5) is 1.18. The Morgan fingerprint density at radius 1 is 1.25 bits per heavy atom. The van der Waals surface area contributed by atoms with Gasteiger partial charge in [-0.25, -0.2) is 4.72 Å². The molecule has 1 heterocycles. The number of thiol groups is 3. The van der Waals surface area contributed by atoms with Gasteiger partial charge in [-0.05, 0) is 11.6 Å². The van der Waals surface area contributed by atoms with Gasteiger partial charge in [-0.3, -0.25) is 0 Å². The highest BCUT2D eigenvalue weighted by Crippen LogP contribution is 2.67. The van der Waals surface area contributed by atoms with Crippen LogP contribution in [0.4, 0.5) is 0 Å². The van der Waals surface area contributed by atoms with Crippen molar-refractivity contribution in [3.05, 3.63) is 29.8 Å². The highest BCUT2D eigenvalue weighted by Gasteiger charge is 2.31. The van der Waals surface area contributed by atoms with E-state index < -0.39 is 8.28 Å². The summed E-state index contributed by atoms with van der Waals surface area (Å²) >= 11 is 13.3. The van der Waals surface area contributed by atoms with E-state index in [9.17, 15) is 0 Å². The number of fused-ring (bicyclic) bond motifs is 1. The van der Waals surface area contributed by atoms with E-state index in [0.717, 1.165) is 0 Å². The van der Waals surface area contributed by atoms with Crippen LogP contribution in [0.1, 0.15) is 10.9 Å². The van der Waals surface area contributed by atoms with Gasteiger partial charge in [0, 0.05) is 4.90 Å². The van der Waals surface area contributed by atoms with Gasteiger partial charge in [0.2, 0.25) is 0 Å². The van der Waals surface area contributed by atoms with Crippen LogP contribution in [-0.4, -0.2) is 0 Å². The minimum Gasteiger partial charge on any atom is -0.245 e. The molecule has 1 aliphatic heterocycles. The van der Waals surface area contributed by atoms with Crippen LogP contribution in [0, 0.1) is 0 Å². The van der Waals surface area contributed by atoms with E-state index in [-0.39, 0.29) is 5.37 Å². The van der Waals surface area contributed by atoms with Crippen LogP contribution in [0.15, 0.2) is 29.2 Å². The highest BCUT2D eigenvalue weighted by atomic mass is 33.5. The Morgan fingerprint density at radius 2 is 1.92 bits per heavy atom. The molecule has 1 N–H and O–H groups in total. The Bertz CT molecular complexity index is 312. The molecule has 2 rings (SSSR count). The summed E-state index contributed by atoms with van der Waals surface area (Å²) in [6.45, 7) is 0. The molecule has 0 bridgehead atoms. The van der Waals surface area contributed by atoms with Gasteiger partial charge in [0.25, 0.3) is 0 Å². The van der Waals surface area contributed by atoms with E-state index >= 15 is 0 Å². The fraction of sp³-hybridized carbons (Fsp3) is 0.143. The maximum absolute atomic E-state index is 4.48. The molecule has 0 fully saturated rings. The highest BCUT2D eigenvalue weighted by molar-refractivity contribution is 9.17. The summed E-state index contributed by atoms with van der Waals surface area (Å²) < 4.78 is 3.23. The van der Waals surface area contributed by atoms with Crippen molar-refractivity contribution in [2.75, 3.05) is 0 Å². The Labute approximate surface area is 88.8 Å². The van der Waals surface area contributed by atoms with Gasteiger partial charge in [0.05, 0.1) is 5.37 Å². The molecular weight excluding hydrogens is 226 g/mol. The summed E-state index contributed by atoms with van der Waals surface area (Å²) in [7, 11) is -1.39. The summed E-state index contributed by atoms with van der Waals surface area (Å²) in [5, 5.41) is 0.0752. The Kier molecular flexibility index (Phi) is 2.33. The molecule has 1 atom stereocenters. The van der Waals surface area contributed by atoms with Gasteiger partial charge < -0.3 is 0 Å². The minimum absolute atomic E-state index is 0.0752. The van der Waals surface area contributed by atoms with Gasteiger partial charge in [-0.15, -0.1) is 23.3 Å². The first-order chi connectivity index (χ1) is 5.61. The zero-order valence-electron chi connectivity index (χ0n) is 6.14. The first kappa shape index (κ1) is 9.15. The minimum atomic E-state index is -1.39. The average molecular weight is 235 g/mol. The lowest BCUT2D eigenvalue weighted by Gasteiger charge is -2.23. The van der Waals surface area contributed by atoms with Crippen molar-refractivity contribution in [3.8, 4) is 0 Å². The van der Waals surface area contributed by atoms with E-state index in [0.29, 0.717) is 0 Å². The summed E-state index contributed by atoms with van der Waals surface area (Å²) in [5.74, 6) is 0. The van der Waals surface area contributed by atoms with Crippen molar-refractivity contribution >= 4 is 44.2 Å². The second-order valence-corrected chi connectivity index (χ2v) is 9.05. The van der Waals surface area contributed by atoms with Crippen LogP contribution >= 0.6 is 44.2 Å². The SMILES string of the molecule is SC1NS(S)(S)c2ccccc21. The van der Waals surface area contributed by atoms with Crippen molar-refractivity contribution in [3.63, 3.8) is 0 Å². The van der Waals surface area contributed by atoms with Crippen molar-refractivity contribution < 1.29 is 0 Å². The van der Waals surface area contributed by atoms with Crippen molar-refractivity contribution in [2.45, 2.75) is 10.3 Å². The lowest BCUT2D eigenvalue weighted by molar-refractivity contribution is 0.969. The van der Waals surface area contributed by atoms with Crippen molar-refractivity contribution in [2.24, 2.45) is 0 Å². The van der Waals surface area contributed by atoms with Crippen molar-refractivity contribution in [1.29, 1.82) is 0 Å². The molecular formula is C7H9NS4. The van der Waals surface area contributed by atoms with Gasteiger partial charge in [-0.1, -0.05) is 26.5 Å². The molecule has 0 amide bonds.